The molecule has 15 heavy (non-hydrogen) atoms. The van der Waals surface area contributed by atoms with Gasteiger partial charge < -0.3 is 5.73 Å². The van der Waals surface area contributed by atoms with Crippen molar-refractivity contribution in [3.05, 3.63) is 0 Å². The van der Waals surface area contributed by atoms with E-state index in [9.17, 15) is 0 Å². The Morgan fingerprint density at radius 3 is 2.53 bits per heavy atom. The molecule has 0 aromatic carbocycles. The summed E-state index contributed by atoms with van der Waals surface area (Å²) in [6, 6.07) is 0.469. The maximum Gasteiger partial charge on any atom is 0.00388 e. The van der Waals surface area contributed by atoms with Gasteiger partial charge in [0, 0.05) is 6.04 Å². The van der Waals surface area contributed by atoms with Gasteiger partial charge in [-0.15, -0.1) is 0 Å². The van der Waals surface area contributed by atoms with E-state index >= 15 is 0 Å². The lowest BCUT2D eigenvalue weighted by molar-refractivity contribution is 0.241. The molecule has 0 spiro atoms. The first kappa shape index (κ1) is 13.0. The zero-order chi connectivity index (χ0) is 11.1. The van der Waals surface area contributed by atoms with E-state index in [4.69, 9.17) is 5.73 Å². The van der Waals surface area contributed by atoms with Crippen LogP contribution in [0.2, 0.25) is 0 Å². The molecule has 0 saturated heterocycles. The highest BCUT2D eigenvalue weighted by molar-refractivity contribution is 4.74. The van der Waals surface area contributed by atoms with Crippen LogP contribution in [-0.4, -0.2) is 6.04 Å². The first-order chi connectivity index (χ1) is 7.26. The van der Waals surface area contributed by atoms with Gasteiger partial charge in [0.2, 0.25) is 0 Å². The van der Waals surface area contributed by atoms with Gasteiger partial charge in [-0.1, -0.05) is 46.0 Å². The monoisotopic (exact) mass is 211 g/mol. The van der Waals surface area contributed by atoms with Crippen molar-refractivity contribution in [3.63, 3.8) is 0 Å². The van der Waals surface area contributed by atoms with Gasteiger partial charge in [0.25, 0.3) is 0 Å². The lowest BCUT2D eigenvalue weighted by atomic mass is 9.78. The molecule has 1 fully saturated rings. The normalized spacial score (nSPS) is 29.0. The minimum Gasteiger partial charge on any atom is -0.328 e. The molecular formula is C14H29N. The van der Waals surface area contributed by atoms with E-state index in [0.717, 1.165) is 11.8 Å². The van der Waals surface area contributed by atoms with Gasteiger partial charge in [0.05, 0.1) is 0 Å². The van der Waals surface area contributed by atoms with Gasteiger partial charge in [-0.05, 0) is 37.5 Å². The summed E-state index contributed by atoms with van der Waals surface area (Å²) in [7, 11) is 0. The zero-order valence-corrected chi connectivity index (χ0v) is 10.7. The lowest BCUT2D eigenvalue weighted by Gasteiger charge is -2.29. The molecule has 0 amide bonds. The van der Waals surface area contributed by atoms with E-state index in [-0.39, 0.29) is 0 Å². The Kier molecular flexibility index (Phi) is 6.31. The molecule has 0 aromatic heterocycles. The maximum atomic E-state index is 6.07. The molecule has 1 heteroatoms. The van der Waals surface area contributed by atoms with Crippen molar-refractivity contribution in [1.82, 2.24) is 0 Å². The molecule has 0 aliphatic heterocycles. The molecule has 0 aromatic rings. The fourth-order valence-electron chi connectivity index (χ4n) is 3.00. The molecule has 1 aliphatic carbocycles. The zero-order valence-electron chi connectivity index (χ0n) is 10.7. The van der Waals surface area contributed by atoms with E-state index in [2.05, 4.69) is 13.8 Å². The van der Waals surface area contributed by atoms with Crippen LogP contribution in [-0.2, 0) is 0 Å². The summed E-state index contributed by atoms with van der Waals surface area (Å²) in [4.78, 5) is 0. The van der Waals surface area contributed by atoms with Crippen LogP contribution in [0.4, 0.5) is 0 Å². The number of rotatable bonds is 6. The molecule has 3 atom stereocenters. The van der Waals surface area contributed by atoms with Gasteiger partial charge in [-0.2, -0.15) is 0 Å². The van der Waals surface area contributed by atoms with E-state index in [1.54, 1.807) is 0 Å². The van der Waals surface area contributed by atoms with Crippen LogP contribution in [0.5, 0.6) is 0 Å². The minimum atomic E-state index is 0.469. The molecule has 1 saturated carbocycles. The average Bonchev–Trinajstić information content (AvgIpc) is 2.27. The summed E-state index contributed by atoms with van der Waals surface area (Å²) in [5.41, 5.74) is 6.07. The molecule has 90 valence electrons. The third-order valence-corrected chi connectivity index (χ3v) is 4.07. The Balaban J connectivity index is 2.14. The van der Waals surface area contributed by atoms with Gasteiger partial charge in [-0.25, -0.2) is 0 Å². The van der Waals surface area contributed by atoms with Crippen LogP contribution in [0.15, 0.2) is 0 Å². The highest BCUT2D eigenvalue weighted by Crippen LogP contribution is 2.33. The van der Waals surface area contributed by atoms with E-state index in [1.807, 2.05) is 0 Å². The Morgan fingerprint density at radius 2 is 1.87 bits per heavy atom. The lowest BCUT2D eigenvalue weighted by Crippen LogP contribution is -2.22. The van der Waals surface area contributed by atoms with Crippen molar-refractivity contribution >= 4 is 0 Å². The average molecular weight is 211 g/mol. The van der Waals surface area contributed by atoms with Crippen molar-refractivity contribution in [2.75, 3.05) is 0 Å². The van der Waals surface area contributed by atoms with Gasteiger partial charge in [-0.3, -0.25) is 0 Å². The maximum absolute atomic E-state index is 6.07. The molecule has 0 bridgehead atoms. The number of nitrogens with two attached hydrogens (primary N) is 1. The van der Waals surface area contributed by atoms with E-state index in [0.29, 0.717) is 6.04 Å². The minimum absolute atomic E-state index is 0.469. The van der Waals surface area contributed by atoms with Crippen LogP contribution >= 0.6 is 0 Å². The third kappa shape index (κ3) is 5.01. The summed E-state index contributed by atoms with van der Waals surface area (Å²) in [5, 5.41) is 0. The summed E-state index contributed by atoms with van der Waals surface area (Å²) >= 11 is 0. The number of hydrogen-bond donors (Lipinski definition) is 1. The Bertz CT molecular complexity index is 155. The van der Waals surface area contributed by atoms with Crippen molar-refractivity contribution in [3.8, 4) is 0 Å². The standard InChI is InChI=1S/C14H29N/c1-3-6-14(15)10-9-13-8-5-7-12(4-2)11-13/h12-14H,3-11,15H2,1-2H3. The summed E-state index contributed by atoms with van der Waals surface area (Å²) in [6.45, 7) is 4.57. The predicted molar refractivity (Wildman–Crippen MR) is 67.9 cm³/mol. The summed E-state index contributed by atoms with van der Waals surface area (Å²) < 4.78 is 0. The van der Waals surface area contributed by atoms with Crippen molar-refractivity contribution in [1.29, 1.82) is 0 Å². The quantitative estimate of drug-likeness (QED) is 0.703. The van der Waals surface area contributed by atoms with Gasteiger partial charge in [0.15, 0.2) is 0 Å². The molecule has 1 nitrogen and oxygen atoms in total. The number of hydrogen-bond acceptors (Lipinski definition) is 1. The highest BCUT2D eigenvalue weighted by Gasteiger charge is 2.20. The Labute approximate surface area is 95.8 Å². The second-order valence-electron chi connectivity index (χ2n) is 5.43. The Morgan fingerprint density at radius 1 is 1.13 bits per heavy atom. The summed E-state index contributed by atoms with van der Waals surface area (Å²) in [5.74, 6) is 2.01. The smallest absolute Gasteiger partial charge is 0.00388 e. The fraction of sp³-hybridized carbons (Fsp3) is 1.00. The van der Waals surface area contributed by atoms with E-state index in [1.165, 1.54) is 57.8 Å². The molecule has 0 radical (unpaired) electrons. The second-order valence-corrected chi connectivity index (χ2v) is 5.43. The van der Waals surface area contributed by atoms with Gasteiger partial charge >= 0.3 is 0 Å². The fourth-order valence-corrected chi connectivity index (χ4v) is 3.00. The molecule has 2 N–H and O–H groups in total. The highest BCUT2D eigenvalue weighted by atomic mass is 14.6. The van der Waals surface area contributed by atoms with Crippen molar-refractivity contribution < 1.29 is 0 Å². The van der Waals surface area contributed by atoms with Crippen LogP contribution in [0, 0.1) is 11.8 Å². The SMILES string of the molecule is CCCC(N)CCC1CCCC(CC)C1. The predicted octanol–water partition coefficient (Wildman–Crippen LogP) is 4.11. The van der Waals surface area contributed by atoms with Crippen LogP contribution in [0.25, 0.3) is 0 Å². The first-order valence-corrected chi connectivity index (χ1v) is 7.01. The van der Waals surface area contributed by atoms with Crippen molar-refractivity contribution in [2.45, 2.75) is 77.7 Å². The van der Waals surface area contributed by atoms with Crippen LogP contribution in [0.3, 0.4) is 0 Å². The first-order valence-electron chi connectivity index (χ1n) is 7.01. The molecule has 1 rings (SSSR count). The summed E-state index contributed by atoms with van der Waals surface area (Å²) in [6.07, 6.45) is 12.4. The topological polar surface area (TPSA) is 26.0 Å². The van der Waals surface area contributed by atoms with Gasteiger partial charge in [0.1, 0.15) is 0 Å². The molecule has 0 heterocycles. The largest absolute Gasteiger partial charge is 0.328 e. The molecule has 3 unspecified atom stereocenters. The Hall–Kier alpha value is -0.0400. The second kappa shape index (κ2) is 7.27. The third-order valence-electron chi connectivity index (χ3n) is 4.07. The molecular weight excluding hydrogens is 182 g/mol. The van der Waals surface area contributed by atoms with E-state index < -0.39 is 0 Å². The molecule has 1 aliphatic rings. The van der Waals surface area contributed by atoms with Crippen LogP contribution in [0.1, 0.15) is 71.6 Å². The van der Waals surface area contributed by atoms with Crippen molar-refractivity contribution in [2.24, 2.45) is 17.6 Å². The van der Waals surface area contributed by atoms with Crippen LogP contribution < -0.4 is 5.73 Å².